The monoisotopic (exact) mass is 323 g/mol. The molecule has 0 saturated heterocycles. The standard InChI is InChI=1S/C18H21N5O/c1-2-10-22-12-9-17(21-22)18(24)20-16-13-19-23(14-16)11-8-15-6-4-3-5-7-15/h3-7,9,12-14H,2,8,10-11H2,1H3,(H,20,24). The van der Waals surface area contributed by atoms with Gasteiger partial charge in [0, 0.05) is 25.5 Å². The fourth-order valence-corrected chi connectivity index (χ4v) is 2.47. The molecule has 6 nitrogen and oxygen atoms in total. The van der Waals surface area contributed by atoms with Crippen LogP contribution in [0.4, 0.5) is 5.69 Å². The number of carbonyl (C=O) groups is 1. The number of benzene rings is 1. The minimum absolute atomic E-state index is 0.215. The van der Waals surface area contributed by atoms with Crippen molar-refractivity contribution in [3.05, 3.63) is 66.2 Å². The molecular weight excluding hydrogens is 302 g/mol. The SMILES string of the molecule is CCCn1ccc(C(=O)Nc2cnn(CCc3ccccc3)c2)n1. The third-order valence-corrected chi connectivity index (χ3v) is 3.69. The van der Waals surface area contributed by atoms with E-state index >= 15 is 0 Å². The highest BCUT2D eigenvalue weighted by Crippen LogP contribution is 2.09. The number of carbonyl (C=O) groups excluding carboxylic acids is 1. The highest BCUT2D eigenvalue weighted by atomic mass is 16.2. The number of rotatable bonds is 7. The molecule has 0 aliphatic rings. The lowest BCUT2D eigenvalue weighted by Gasteiger charge is -2.02. The van der Waals surface area contributed by atoms with Crippen LogP contribution in [0.1, 0.15) is 29.4 Å². The van der Waals surface area contributed by atoms with Crippen molar-refractivity contribution >= 4 is 11.6 Å². The fourth-order valence-electron chi connectivity index (χ4n) is 2.47. The molecule has 2 aromatic heterocycles. The Kier molecular flexibility index (Phi) is 5.05. The largest absolute Gasteiger partial charge is 0.318 e. The van der Waals surface area contributed by atoms with E-state index in [-0.39, 0.29) is 5.91 Å². The van der Waals surface area contributed by atoms with Gasteiger partial charge in [0.25, 0.3) is 5.91 Å². The number of hydrogen-bond acceptors (Lipinski definition) is 3. The summed E-state index contributed by atoms with van der Waals surface area (Å²) in [7, 11) is 0. The Morgan fingerprint density at radius 1 is 1.12 bits per heavy atom. The number of amides is 1. The van der Waals surface area contributed by atoms with Gasteiger partial charge in [0.05, 0.1) is 11.9 Å². The zero-order valence-electron chi connectivity index (χ0n) is 13.7. The van der Waals surface area contributed by atoms with Gasteiger partial charge in [-0.2, -0.15) is 10.2 Å². The summed E-state index contributed by atoms with van der Waals surface area (Å²) in [6, 6.07) is 12.0. The molecule has 0 unspecified atom stereocenters. The van der Waals surface area contributed by atoms with E-state index in [9.17, 15) is 4.79 Å². The fraction of sp³-hybridized carbons (Fsp3) is 0.278. The van der Waals surface area contributed by atoms with Gasteiger partial charge >= 0.3 is 0 Å². The molecular formula is C18H21N5O. The summed E-state index contributed by atoms with van der Waals surface area (Å²) in [6.45, 7) is 3.65. The normalized spacial score (nSPS) is 10.7. The smallest absolute Gasteiger partial charge is 0.276 e. The van der Waals surface area contributed by atoms with E-state index in [0.717, 1.165) is 25.9 Å². The molecule has 1 amide bonds. The highest BCUT2D eigenvalue weighted by Gasteiger charge is 2.10. The average molecular weight is 323 g/mol. The lowest BCUT2D eigenvalue weighted by molar-refractivity contribution is 0.102. The first-order valence-electron chi connectivity index (χ1n) is 8.16. The Bertz CT molecular complexity index is 791. The lowest BCUT2D eigenvalue weighted by atomic mass is 10.1. The second-order valence-corrected chi connectivity index (χ2v) is 5.65. The van der Waals surface area contributed by atoms with Crippen LogP contribution < -0.4 is 5.32 Å². The Hall–Kier alpha value is -2.89. The van der Waals surface area contributed by atoms with E-state index < -0.39 is 0 Å². The lowest BCUT2D eigenvalue weighted by Crippen LogP contribution is -2.13. The van der Waals surface area contributed by atoms with Crippen molar-refractivity contribution in [2.45, 2.75) is 32.9 Å². The number of anilines is 1. The molecule has 0 spiro atoms. The highest BCUT2D eigenvalue weighted by molar-refractivity contribution is 6.02. The number of nitrogens with one attached hydrogen (secondary N) is 1. The van der Waals surface area contributed by atoms with Gasteiger partial charge in [0.2, 0.25) is 0 Å². The third kappa shape index (κ3) is 4.10. The molecule has 0 atom stereocenters. The first-order valence-corrected chi connectivity index (χ1v) is 8.16. The molecule has 0 bridgehead atoms. The van der Waals surface area contributed by atoms with Crippen molar-refractivity contribution in [2.24, 2.45) is 0 Å². The van der Waals surface area contributed by atoms with Crippen LogP contribution in [-0.4, -0.2) is 25.5 Å². The van der Waals surface area contributed by atoms with Gasteiger partial charge in [0.15, 0.2) is 5.69 Å². The zero-order chi connectivity index (χ0) is 16.8. The van der Waals surface area contributed by atoms with Crippen molar-refractivity contribution in [3.8, 4) is 0 Å². The van der Waals surface area contributed by atoms with E-state index in [2.05, 4.69) is 34.6 Å². The molecule has 3 rings (SSSR count). The van der Waals surface area contributed by atoms with E-state index in [1.165, 1.54) is 5.56 Å². The van der Waals surface area contributed by atoms with Gasteiger partial charge < -0.3 is 5.32 Å². The summed E-state index contributed by atoms with van der Waals surface area (Å²) < 4.78 is 3.61. The van der Waals surface area contributed by atoms with Crippen LogP contribution in [0.15, 0.2) is 55.0 Å². The Morgan fingerprint density at radius 3 is 2.75 bits per heavy atom. The van der Waals surface area contributed by atoms with Gasteiger partial charge in [-0.1, -0.05) is 37.3 Å². The van der Waals surface area contributed by atoms with Gasteiger partial charge in [-0.3, -0.25) is 14.2 Å². The van der Waals surface area contributed by atoms with Crippen molar-refractivity contribution in [2.75, 3.05) is 5.32 Å². The summed E-state index contributed by atoms with van der Waals surface area (Å²) in [6.07, 6.45) is 7.20. The number of nitrogens with zero attached hydrogens (tertiary/aromatic N) is 4. The number of hydrogen-bond donors (Lipinski definition) is 1. The Labute approximate surface area is 141 Å². The molecule has 0 aliphatic heterocycles. The summed E-state index contributed by atoms with van der Waals surface area (Å²) in [5.41, 5.74) is 2.36. The second kappa shape index (κ2) is 7.59. The second-order valence-electron chi connectivity index (χ2n) is 5.65. The van der Waals surface area contributed by atoms with Crippen molar-refractivity contribution in [1.82, 2.24) is 19.6 Å². The van der Waals surface area contributed by atoms with Crippen LogP contribution in [0.2, 0.25) is 0 Å². The Balaban J connectivity index is 1.56. The predicted molar refractivity (Wildman–Crippen MR) is 92.8 cm³/mol. The molecule has 0 saturated carbocycles. The maximum absolute atomic E-state index is 12.2. The molecule has 2 heterocycles. The Morgan fingerprint density at radius 2 is 1.96 bits per heavy atom. The van der Waals surface area contributed by atoms with E-state index in [4.69, 9.17) is 0 Å². The summed E-state index contributed by atoms with van der Waals surface area (Å²) in [5, 5.41) is 11.4. The van der Waals surface area contributed by atoms with Crippen LogP contribution in [0, 0.1) is 0 Å². The van der Waals surface area contributed by atoms with E-state index in [1.54, 1.807) is 16.9 Å². The van der Waals surface area contributed by atoms with Crippen LogP contribution in [0.5, 0.6) is 0 Å². The molecule has 0 radical (unpaired) electrons. The topological polar surface area (TPSA) is 64.7 Å². The zero-order valence-corrected chi connectivity index (χ0v) is 13.7. The van der Waals surface area contributed by atoms with Crippen LogP contribution >= 0.6 is 0 Å². The molecule has 6 heteroatoms. The molecule has 0 aliphatic carbocycles. The molecule has 1 N–H and O–H groups in total. The number of aryl methyl sites for hydroxylation is 3. The molecule has 24 heavy (non-hydrogen) atoms. The van der Waals surface area contributed by atoms with Crippen molar-refractivity contribution < 1.29 is 4.79 Å². The van der Waals surface area contributed by atoms with Gasteiger partial charge in [-0.15, -0.1) is 0 Å². The maximum Gasteiger partial charge on any atom is 0.276 e. The molecule has 3 aromatic rings. The minimum atomic E-state index is -0.215. The first kappa shape index (κ1) is 16.0. The van der Waals surface area contributed by atoms with Crippen LogP contribution in [0.3, 0.4) is 0 Å². The summed E-state index contributed by atoms with van der Waals surface area (Å²) in [4.78, 5) is 12.2. The third-order valence-electron chi connectivity index (χ3n) is 3.69. The maximum atomic E-state index is 12.2. The molecule has 0 fully saturated rings. The quantitative estimate of drug-likeness (QED) is 0.727. The summed E-state index contributed by atoms with van der Waals surface area (Å²) >= 11 is 0. The molecule has 1 aromatic carbocycles. The van der Waals surface area contributed by atoms with E-state index in [1.807, 2.05) is 35.3 Å². The van der Waals surface area contributed by atoms with Crippen molar-refractivity contribution in [3.63, 3.8) is 0 Å². The van der Waals surface area contributed by atoms with Crippen LogP contribution in [-0.2, 0) is 19.5 Å². The summed E-state index contributed by atoms with van der Waals surface area (Å²) in [5.74, 6) is -0.215. The van der Waals surface area contributed by atoms with Crippen molar-refractivity contribution in [1.29, 1.82) is 0 Å². The van der Waals surface area contributed by atoms with Gasteiger partial charge in [-0.25, -0.2) is 0 Å². The first-order chi connectivity index (χ1) is 11.7. The average Bonchev–Trinajstić information content (AvgIpc) is 3.24. The van der Waals surface area contributed by atoms with Gasteiger partial charge in [0.1, 0.15) is 0 Å². The number of aromatic nitrogens is 4. The van der Waals surface area contributed by atoms with E-state index in [0.29, 0.717) is 11.4 Å². The molecule has 124 valence electrons. The van der Waals surface area contributed by atoms with Crippen LogP contribution in [0.25, 0.3) is 0 Å². The minimum Gasteiger partial charge on any atom is -0.318 e. The predicted octanol–water partition coefficient (Wildman–Crippen LogP) is 2.98. The van der Waals surface area contributed by atoms with Gasteiger partial charge in [-0.05, 0) is 24.5 Å².